The number of carbonyl (C=O) groups excluding carboxylic acids is 2. The molecule has 0 bridgehead atoms. The number of anilines is 2. The molecule has 0 atom stereocenters. The third-order valence-electron chi connectivity index (χ3n) is 3.40. The van der Waals surface area contributed by atoms with Crippen molar-refractivity contribution in [3.8, 4) is 0 Å². The lowest BCUT2D eigenvalue weighted by molar-refractivity contribution is -0.384. The number of nitro groups is 1. The molecule has 0 aliphatic heterocycles. The van der Waals surface area contributed by atoms with E-state index in [4.69, 9.17) is 27.9 Å². The normalized spacial score (nSPS) is 10.2. The molecule has 1 heterocycles. The molecule has 9 nitrogen and oxygen atoms in total. The van der Waals surface area contributed by atoms with Gasteiger partial charge < -0.3 is 15.4 Å². The average Bonchev–Trinajstić information content (AvgIpc) is 2.63. The van der Waals surface area contributed by atoms with Gasteiger partial charge in [-0.3, -0.25) is 14.9 Å². The second kappa shape index (κ2) is 8.65. The van der Waals surface area contributed by atoms with Crippen LogP contribution in [-0.4, -0.2) is 35.4 Å². The Kier molecular flexibility index (Phi) is 6.54. The van der Waals surface area contributed by atoms with Crippen molar-refractivity contribution in [2.75, 3.05) is 24.3 Å². The number of esters is 1. The molecule has 0 unspecified atom stereocenters. The van der Waals surface area contributed by atoms with Crippen molar-refractivity contribution in [1.29, 1.82) is 0 Å². The number of pyridine rings is 1. The molecule has 0 radical (unpaired) electrons. The van der Waals surface area contributed by atoms with Crippen molar-refractivity contribution in [2.45, 2.75) is 6.92 Å². The highest BCUT2D eigenvalue weighted by Gasteiger charge is 2.19. The minimum Gasteiger partial charge on any atom is -0.452 e. The van der Waals surface area contributed by atoms with E-state index in [1.54, 1.807) is 6.92 Å². The number of hydrogen-bond donors (Lipinski definition) is 2. The molecule has 1 aromatic heterocycles. The first kappa shape index (κ1) is 20.4. The summed E-state index contributed by atoms with van der Waals surface area (Å²) in [5, 5.41) is 16.5. The van der Waals surface area contributed by atoms with Gasteiger partial charge in [-0.15, -0.1) is 0 Å². The number of amides is 1. The van der Waals surface area contributed by atoms with Crippen molar-refractivity contribution in [2.24, 2.45) is 0 Å². The van der Waals surface area contributed by atoms with Crippen LogP contribution < -0.4 is 10.6 Å². The molecule has 0 fully saturated rings. The number of aryl methyl sites for hydroxylation is 1. The Morgan fingerprint density at radius 1 is 1.26 bits per heavy atom. The molecule has 1 amide bonds. The van der Waals surface area contributed by atoms with Crippen LogP contribution in [0.25, 0.3) is 0 Å². The molecule has 0 aliphatic rings. The van der Waals surface area contributed by atoms with Crippen LogP contribution in [0.15, 0.2) is 24.3 Å². The molecule has 1 aromatic carbocycles. The Hall–Kier alpha value is -2.91. The molecule has 142 valence electrons. The van der Waals surface area contributed by atoms with E-state index in [0.29, 0.717) is 10.7 Å². The van der Waals surface area contributed by atoms with Crippen LogP contribution in [0.1, 0.15) is 16.1 Å². The number of ether oxygens (including phenoxy) is 1. The third-order valence-corrected chi connectivity index (χ3v) is 4.07. The number of rotatable bonds is 6. The van der Waals surface area contributed by atoms with Gasteiger partial charge in [0.05, 0.1) is 26.2 Å². The predicted octanol–water partition coefficient (Wildman–Crippen LogP) is 3.44. The largest absolute Gasteiger partial charge is 0.452 e. The van der Waals surface area contributed by atoms with E-state index in [9.17, 15) is 19.7 Å². The zero-order valence-electron chi connectivity index (χ0n) is 14.2. The van der Waals surface area contributed by atoms with E-state index in [1.165, 1.54) is 25.2 Å². The van der Waals surface area contributed by atoms with Gasteiger partial charge in [0.25, 0.3) is 11.6 Å². The summed E-state index contributed by atoms with van der Waals surface area (Å²) in [4.78, 5) is 38.4. The first-order valence-corrected chi connectivity index (χ1v) is 8.24. The lowest BCUT2D eigenvalue weighted by atomic mass is 10.1. The number of nitro benzene ring substituents is 1. The molecular weight excluding hydrogens is 399 g/mol. The molecule has 27 heavy (non-hydrogen) atoms. The van der Waals surface area contributed by atoms with Gasteiger partial charge in [-0.1, -0.05) is 23.2 Å². The van der Waals surface area contributed by atoms with Crippen LogP contribution in [0.5, 0.6) is 0 Å². The molecule has 11 heteroatoms. The van der Waals surface area contributed by atoms with Gasteiger partial charge in [-0.25, -0.2) is 9.78 Å². The van der Waals surface area contributed by atoms with Crippen LogP contribution in [0.2, 0.25) is 10.0 Å². The summed E-state index contributed by atoms with van der Waals surface area (Å²) in [5.41, 5.74) is 0.356. The van der Waals surface area contributed by atoms with E-state index in [1.807, 2.05) is 0 Å². The number of nitrogens with one attached hydrogen (secondary N) is 2. The summed E-state index contributed by atoms with van der Waals surface area (Å²) in [5.74, 6) is -1.49. The topological polar surface area (TPSA) is 123 Å². The molecule has 0 saturated carbocycles. The highest BCUT2D eigenvalue weighted by molar-refractivity contribution is 6.36. The lowest BCUT2D eigenvalue weighted by Crippen LogP contribution is -2.22. The van der Waals surface area contributed by atoms with Gasteiger partial charge in [0.2, 0.25) is 0 Å². The minimum absolute atomic E-state index is 0.0630. The maximum Gasteiger partial charge on any atom is 0.338 e. The molecule has 0 saturated heterocycles. The molecule has 2 aromatic rings. The number of hydrogen-bond acceptors (Lipinski definition) is 7. The van der Waals surface area contributed by atoms with Crippen molar-refractivity contribution in [1.82, 2.24) is 4.98 Å². The van der Waals surface area contributed by atoms with Gasteiger partial charge >= 0.3 is 5.97 Å². The summed E-state index contributed by atoms with van der Waals surface area (Å²) in [6.07, 6.45) is 0. The smallest absolute Gasteiger partial charge is 0.338 e. The first-order valence-electron chi connectivity index (χ1n) is 7.48. The summed E-state index contributed by atoms with van der Waals surface area (Å²) in [7, 11) is 1.52. The van der Waals surface area contributed by atoms with Crippen LogP contribution >= 0.6 is 23.2 Å². The molecule has 0 aliphatic carbocycles. The second-order valence-electron chi connectivity index (χ2n) is 5.25. The zero-order chi connectivity index (χ0) is 20.1. The highest BCUT2D eigenvalue weighted by Crippen LogP contribution is 2.26. The van der Waals surface area contributed by atoms with Gasteiger partial charge in [0.15, 0.2) is 12.4 Å². The van der Waals surface area contributed by atoms with Crippen LogP contribution in [0.4, 0.5) is 17.2 Å². The lowest BCUT2D eigenvalue weighted by Gasteiger charge is -2.09. The fraction of sp³-hybridized carbons (Fsp3) is 0.188. The highest BCUT2D eigenvalue weighted by atomic mass is 35.5. The van der Waals surface area contributed by atoms with E-state index < -0.39 is 23.4 Å². The maximum atomic E-state index is 12.0. The standard InChI is InChI=1S/C16H14Cl2N4O5/c1-8-10(17)6-11(18)15(20-8)21-14(23)7-27-16(24)9-3-4-12(19-2)13(5-9)22(25)26/h3-6,19H,7H2,1-2H3,(H,20,21,23). The van der Waals surface area contributed by atoms with Gasteiger partial charge in [-0.05, 0) is 25.1 Å². The van der Waals surface area contributed by atoms with Crippen molar-refractivity contribution >= 4 is 52.3 Å². The van der Waals surface area contributed by atoms with Crippen molar-refractivity contribution < 1.29 is 19.2 Å². The summed E-state index contributed by atoms with van der Waals surface area (Å²) in [6, 6.07) is 5.21. The molecule has 2 rings (SSSR count). The predicted molar refractivity (Wildman–Crippen MR) is 101 cm³/mol. The van der Waals surface area contributed by atoms with Crippen molar-refractivity contribution in [3.63, 3.8) is 0 Å². The Bertz CT molecular complexity index is 920. The summed E-state index contributed by atoms with van der Waals surface area (Å²) in [6.45, 7) is 1.01. The number of benzene rings is 1. The third kappa shape index (κ3) is 5.05. The monoisotopic (exact) mass is 412 g/mol. The van der Waals surface area contributed by atoms with Crippen LogP contribution in [0.3, 0.4) is 0 Å². The fourth-order valence-corrected chi connectivity index (χ4v) is 2.46. The SMILES string of the molecule is CNc1ccc(C(=O)OCC(=O)Nc2nc(C)c(Cl)cc2Cl)cc1[N+](=O)[O-]. The Morgan fingerprint density at radius 3 is 2.59 bits per heavy atom. The first-order chi connectivity index (χ1) is 12.7. The average molecular weight is 413 g/mol. The van der Waals surface area contributed by atoms with Gasteiger partial charge in [-0.2, -0.15) is 0 Å². The van der Waals surface area contributed by atoms with E-state index in [0.717, 1.165) is 6.07 Å². The summed E-state index contributed by atoms with van der Waals surface area (Å²) >= 11 is 11.8. The Balaban J connectivity index is 2.03. The van der Waals surface area contributed by atoms with Crippen LogP contribution in [0, 0.1) is 17.0 Å². The second-order valence-corrected chi connectivity index (χ2v) is 6.06. The molecule has 2 N–H and O–H groups in total. The number of halogens is 2. The maximum absolute atomic E-state index is 12.0. The minimum atomic E-state index is -0.887. The quantitative estimate of drug-likeness (QED) is 0.422. The Labute approximate surface area is 163 Å². The molecule has 0 spiro atoms. The van der Waals surface area contributed by atoms with E-state index in [-0.39, 0.29) is 27.8 Å². The molecular formula is C16H14Cl2N4O5. The van der Waals surface area contributed by atoms with Crippen molar-refractivity contribution in [3.05, 3.63) is 55.7 Å². The fourth-order valence-electron chi connectivity index (χ4n) is 2.05. The van der Waals surface area contributed by atoms with Gasteiger partial charge in [0.1, 0.15) is 5.69 Å². The van der Waals surface area contributed by atoms with E-state index >= 15 is 0 Å². The summed E-state index contributed by atoms with van der Waals surface area (Å²) < 4.78 is 4.87. The van der Waals surface area contributed by atoms with Gasteiger partial charge in [0, 0.05) is 13.1 Å². The number of carbonyl (C=O) groups is 2. The van der Waals surface area contributed by atoms with E-state index in [2.05, 4.69) is 15.6 Å². The number of nitrogens with zero attached hydrogens (tertiary/aromatic N) is 2. The Morgan fingerprint density at radius 2 is 1.96 bits per heavy atom. The number of aromatic nitrogens is 1. The zero-order valence-corrected chi connectivity index (χ0v) is 15.7. The van der Waals surface area contributed by atoms with Crippen LogP contribution in [-0.2, 0) is 9.53 Å².